The number of hydrogen-bond acceptors (Lipinski definition) is 2. The molecular weight excluding hydrogens is 280 g/mol. The summed E-state index contributed by atoms with van der Waals surface area (Å²) in [7, 11) is 0. The van der Waals surface area contributed by atoms with E-state index in [0.717, 1.165) is 21.6 Å². The zero-order valence-corrected chi connectivity index (χ0v) is 10.6. The molecule has 0 unspecified atom stereocenters. The van der Waals surface area contributed by atoms with E-state index in [1.807, 2.05) is 18.3 Å². The van der Waals surface area contributed by atoms with Crippen molar-refractivity contribution < 1.29 is 4.42 Å². The van der Waals surface area contributed by atoms with Crippen LogP contribution in [0.25, 0.3) is 10.9 Å². The minimum atomic E-state index is 0.682. The molecule has 0 saturated carbocycles. The van der Waals surface area contributed by atoms with Gasteiger partial charge in [-0.2, -0.15) is 0 Å². The summed E-state index contributed by atoms with van der Waals surface area (Å²) in [4.78, 5) is 3.17. The number of benzene rings is 1. The molecule has 0 saturated heterocycles. The lowest BCUT2D eigenvalue weighted by Crippen LogP contribution is -1.97. The maximum Gasteiger partial charge on any atom is 0.169 e. The quantitative estimate of drug-likeness (QED) is 0.761. The van der Waals surface area contributed by atoms with Crippen molar-refractivity contribution in [1.29, 1.82) is 0 Å². The molecule has 0 spiro atoms. The van der Waals surface area contributed by atoms with Crippen LogP contribution in [-0.2, 0) is 6.54 Å². The number of anilines is 1. The molecule has 0 bridgehead atoms. The number of furan rings is 1. The number of aromatic amines is 1. The minimum absolute atomic E-state index is 0.682. The number of halogens is 1. The van der Waals surface area contributed by atoms with Gasteiger partial charge in [-0.25, -0.2) is 0 Å². The molecule has 0 aliphatic carbocycles. The number of fused-ring (bicyclic) bond motifs is 1. The van der Waals surface area contributed by atoms with Gasteiger partial charge in [-0.3, -0.25) is 0 Å². The summed E-state index contributed by atoms with van der Waals surface area (Å²) in [5, 5.41) is 4.53. The Morgan fingerprint density at radius 3 is 2.94 bits per heavy atom. The molecule has 3 rings (SSSR count). The Kier molecular flexibility index (Phi) is 2.65. The fourth-order valence-electron chi connectivity index (χ4n) is 1.80. The Hall–Kier alpha value is -1.68. The molecule has 2 N–H and O–H groups in total. The van der Waals surface area contributed by atoms with Crippen LogP contribution in [0.3, 0.4) is 0 Å². The summed E-state index contributed by atoms with van der Waals surface area (Å²) in [6.07, 6.45) is 1.94. The van der Waals surface area contributed by atoms with Crippen molar-refractivity contribution in [3.05, 3.63) is 53.0 Å². The van der Waals surface area contributed by atoms with Gasteiger partial charge in [-0.05, 0) is 52.3 Å². The van der Waals surface area contributed by atoms with Crippen molar-refractivity contribution in [3.63, 3.8) is 0 Å². The number of hydrogen-bond donors (Lipinski definition) is 2. The van der Waals surface area contributed by atoms with Crippen LogP contribution in [0.4, 0.5) is 5.69 Å². The molecule has 3 nitrogen and oxygen atoms in total. The van der Waals surface area contributed by atoms with Gasteiger partial charge in [0.05, 0.1) is 6.54 Å². The van der Waals surface area contributed by atoms with Crippen LogP contribution in [0, 0.1) is 0 Å². The Bertz CT molecular complexity index is 641. The van der Waals surface area contributed by atoms with E-state index in [0.29, 0.717) is 6.54 Å². The molecule has 0 atom stereocenters. The monoisotopic (exact) mass is 290 g/mol. The van der Waals surface area contributed by atoms with Crippen molar-refractivity contribution >= 4 is 32.5 Å². The fraction of sp³-hybridized carbons (Fsp3) is 0.0769. The summed E-state index contributed by atoms with van der Waals surface area (Å²) in [6.45, 7) is 0.682. The summed E-state index contributed by atoms with van der Waals surface area (Å²) < 4.78 is 6.19. The number of H-pyrrole nitrogens is 1. The first-order chi connectivity index (χ1) is 8.31. The molecule has 0 amide bonds. The first kappa shape index (κ1) is 10.5. The maximum atomic E-state index is 5.43. The Balaban J connectivity index is 1.76. The molecular formula is C13H11BrN2O. The van der Waals surface area contributed by atoms with E-state index in [9.17, 15) is 0 Å². The zero-order chi connectivity index (χ0) is 11.7. The Labute approximate surface area is 107 Å². The van der Waals surface area contributed by atoms with Gasteiger partial charge < -0.3 is 14.7 Å². The third-order valence-corrected chi connectivity index (χ3v) is 3.08. The second-order valence-electron chi connectivity index (χ2n) is 3.84. The van der Waals surface area contributed by atoms with Gasteiger partial charge in [-0.1, -0.05) is 0 Å². The van der Waals surface area contributed by atoms with Crippen LogP contribution >= 0.6 is 15.9 Å². The molecule has 2 aromatic heterocycles. The van der Waals surface area contributed by atoms with Gasteiger partial charge in [-0.15, -0.1) is 0 Å². The number of rotatable bonds is 3. The van der Waals surface area contributed by atoms with Gasteiger partial charge in [0, 0.05) is 22.8 Å². The van der Waals surface area contributed by atoms with Crippen molar-refractivity contribution in [2.75, 3.05) is 5.32 Å². The van der Waals surface area contributed by atoms with Gasteiger partial charge in [0.25, 0.3) is 0 Å². The average Bonchev–Trinajstić information content (AvgIpc) is 2.94. The molecule has 1 aromatic carbocycles. The molecule has 0 fully saturated rings. The lowest BCUT2D eigenvalue weighted by molar-refractivity contribution is 0.495. The molecule has 4 heteroatoms. The van der Waals surface area contributed by atoms with Gasteiger partial charge in [0.1, 0.15) is 5.76 Å². The van der Waals surface area contributed by atoms with E-state index in [1.54, 1.807) is 0 Å². The maximum absolute atomic E-state index is 5.43. The lowest BCUT2D eigenvalue weighted by Gasteiger charge is -2.04. The molecule has 0 radical (unpaired) electrons. The van der Waals surface area contributed by atoms with Crippen molar-refractivity contribution in [3.8, 4) is 0 Å². The van der Waals surface area contributed by atoms with Crippen molar-refractivity contribution in [2.45, 2.75) is 6.54 Å². The lowest BCUT2D eigenvalue weighted by atomic mass is 10.2. The SMILES string of the molecule is Brc1ccc(CNc2ccc3[nH]ccc3c2)o1. The normalized spacial score (nSPS) is 10.9. The first-order valence-corrected chi connectivity index (χ1v) is 6.16. The number of nitrogens with one attached hydrogen (secondary N) is 2. The standard InChI is InChI=1S/C13H11BrN2O/c14-13-4-2-11(17-13)8-16-10-1-3-12-9(7-10)5-6-15-12/h1-7,15-16H,8H2. The third kappa shape index (κ3) is 2.22. The highest BCUT2D eigenvalue weighted by Crippen LogP contribution is 2.19. The van der Waals surface area contributed by atoms with Gasteiger partial charge >= 0.3 is 0 Å². The second kappa shape index (κ2) is 4.30. The molecule has 0 aliphatic rings. The van der Waals surface area contributed by atoms with Crippen LogP contribution in [0.2, 0.25) is 0 Å². The van der Waals surface area contributed by atoms with Crippen molar-refractivity contribution in [2.24, 2.45) is 0 Å². The smallest absolute Gasteiger partial charge is 0.169 e. The van der Waals surface area contributed by atoms with Crippen LogP contribution in [0.15, 0.2) is 51.7 Å². The molecule has 17 heavy (non-hydrogen) atoms. The molecule has 2 heterocycles. The number of aromatic nitrogens is 1. The second-order valence-corrected chi connectivity index (χ2v) is 4.62. The predicted molar refractivity (Wildman–Crippen MR) is 72.0 cm³/mol. The summed E-state index contributed by atoms with van der Waals surface area (Å²) >= 11 is 3.29. The Morgan fingerprint density at radius 2 is 2.12 bits per heavy atom. The minimum Gasteiger partial charge on any atom is -0.452 e. The van der Waals surface area contributed by atoms with Crippen LogP contribution in [-0.4, -0.2) is 4.98 Å². The summed E-state index contributed by atoms with van der Waals surface area (Å²) in [6, 6.07) is 12.1. The Morgan fingerprint density at radius 1 is 1.18 bits per heavy atom. The van der Waals surface area contributed by atoms with E-state index in [1.165, 1.54) is 5.39 Å². The highest BCUT2D eigenvalue weighted by molar-refractivity contribution is 9.10. The third-order valence-electron chi connectivity index (χ3n) is 2.65. The molecule has 3 aromatic rings. The van der Waals surface area contributed by atoms with E-state index in [2.05, 4.69) is 50.5 Å². The predicted octanol–water partition coefficient (Wildman–Crippen LogP) is 4.14. The first-order valence-electron chi connectivity index (χ1n) is 5.36. The van der Waals surface area contributed by atoms with Gasteiger partial charge in [0.15, 0.2) is 4.67 Å². The van der Waals surface area contributed by atoms with Crippen LogP contribution < -0.4 is 5.32 Å². The largest absolute Gasteiger partial charge is 0.452 e. The summed E-state index contributed by atoms with van der Waals surface area (Å²) in [5.41, 5.74) is 2.24. The topological polar surface area (TPSA) is 41.0 Å². The highest BCUT2D eigenvalue weighted by Gasteiger charge is 2.00. The molecule has 86 valence electrons. The zero-order valence-electron chi connectivity index (χ0n) is 9.03. The van der Waals surface area contributed by atoms with Crippen LogP contribution in [0.5, 0.6) is 0 Å². The van der Waals surface area contributed by atoms with E-state index in [4.69, 9.17) is 4.42 Å². The van der Waals surface area contributed by atoms with E-state index < -0.39 is 0 Å². The average molecular weight is 291 g/mol. The van der Waals surface area contributed by atoms with E-state index >= 15 is 0 Å². The molecule has 0 aliphatic heterocycles. The van der Waals surface area contributed by atoms with E-state index in [-0.39, 0.29) is 0 Å². The fourth-order valence-corrected chi connectivity index (χ4v) is 2.14. The van der Waals surface area contributed by atoms with Crippen molar-refractivity contribution in [1.82, 2.24) is 4.98 Å². The summed E-state index contributed by atoms with van der Waals surface area (Å²) in [5.74, 6) is 0.908. The highest BCUT2D eigenvalue weighted by atomic mass is 79.9. The van der Waals surface area contributed by atoms with Crippen LogP contribution in [0.1, 0.15) is 5.76 Å². The van der Waals surface area contributed by atoms with Gasteiger partial charge in [0.2, 0.25) is 0 Å².